The molecule has 2 aliphatic rings. The van der Waals surface area contributed by atoms with E-state index in [1.165, 1.54) is 0 Å². The fourth-order valence-corrected chi connectivity index (χ4v) is 4.60. The maximum absolute atomic E-state index is 12.4. The summed E-state index contributed by atoms with van der Waals surface area (Å²) in [6.45, 7) is 30.5. The van der Waals surface area contributed by atoms with Crippen LogP contribution in [0.5, 0.6) is 0 Å². The van der Waals surface area contributed by atoms with E-state index < -0.39 is 59.6 Å². The molecule has 16 nitrogen and oxygen atoms in total. The van der Waals surface area contributed by atoms with Crippen molar-refractivity contribution in [3.63, 3.8) is 0 Å². The van der Waals surface area contributed by atoms with Crippen molar-refractivity contribution in [1.29, 1.82) is 0 Å². The van der Waals surface area contributed by atoms with Gasteiger partial charge in [0.05, 0.1) is 35.5 Å². The minimum atomic E-state index is -2.65. The van der Waals surface area contributed by atoms with Crippen molar-refractivity contribution in [2.24, 2.45) is 65.1 Å². The second-order valence-electron chi connectivity index (χ2n) is 18.4. The summed E-state index contributed by atoms with van der Waals surface area (Å²) in [4.78, 5) is 81.1. The molecule has 2 aliphatic carbocycles. The molecule has 2 rings (SSSR count). The van der Waals surface area contributed by atoms with Gasteiger partial charge in [0, 0.05) is 24.8 Å². The summed E-state index contributed by atoms with van der Waals surface area (Å²) < 4.78 is 24.9. The van der Waals surface area contributed by atoms with Crippen molar-refractivity contribution in [1.82, 2.24) is 0 Å². The van der Waals surface area contributed by atoms with Crippen molar-refractivity contribution in [3.05, 3.63) is 25.3 Å². The van der Waals surface area contributed by atoms with Crippen LogP contribution in [0.3, 0.4) is 0 Å². The first-order valence-electron chi connectivity index (χ1n) is 23.9. The molecule has 6 N–H and O–H groups in total. The topological polar surface area (TPSA) is 304 Å². The SMILES string of the molecule is C=CCC(C)C(=O)O.C=CCC(C)C(=O)O.CC(C(=O)[O-])C1CC1.CC(C)C(C)C(=O)O.CC(C)C(C)C(=O)O.CCCCC(C)C(=O)O.CCCCC(C)C(=O)O.O=C([O-])C1CCC(F)(F)CC1.[Li+].[Li+]. The van der Waals surface area contributed by atoms with Gasteiger partial charge in [0.2, 0.25) is 5.92 Å². The maximum Gasteiger partial charge on any atom is 1.00 e. The van der Waals surface area contributed by atoms with E-state index >= 15 is 0 Å². The van der Waals surface area contributed by atoms with E-state index in [4.69, 9.17) is 30.6 Å². The number of rotatable bonds is 21. The maximum atomic E-state index is 12.4. The molecule has 0 aromatic carbocycles. The molecule has 2 fully saturated rings. The van der Waals surface area contributed by atoms with E-state index in [2.05, 4.69) is 27.0 Å². The van der Waals surface area contributed by atoms with Crippen LogP contribution in [-0.2, 0) is 38.4 Å². The molecule has 2 saturated carbocycles. The van der Waals surface area contributed by atoms with Crippen LogP contribution in [0.1, 0.15) is 180 Å². The molecule has 406 valence electrons. The number of unbranched alkanes of at least 4 members (excludes halogenated alkanes) is 2. The van der Waals surface area contributed by atoms with Crippen LogP contribution in [0.4, 0.5) is 8.78 Å². The van der Waals surface area contributed by atoms with Crippen LogP contribution >= 0.6 is 0 Å². The second kappa shape index (κ2) is 49.9. The van der Waals surface area contributed by atoms with Crippen LogP contribution in [0.25, 0.3) is 0 Å². The Bertz CT molecular complexity index is 1370. The van der Waals surface area contributed by atoms with Gasteiger partial charge in [-0.25, -0.2) is 8.78 Å². The number of halogens is 2. The molecule has 20 heteroatoms. The van der Waals surface area contributed by atoms with Crippen LogP contribution < -0.4 is 47.9 Å². The van der Waals surface area contributed by atoms with Crippen LogP contribution in [-0.4, -0.2) is 84.3 Å². The van der Waals surface area contributed by atoms with Gasteiger partial charge < -0.3 is 50.4 Å². The van der Waals surface area contributed by atoms with Crippen LogP contribution in [0.2, 0.25) is 0 Å². The van der Waals surface area contributed by atoms with E-state index in [-0.39, 0.29) is 117 Å². The van der Waals surface area contributed by atoms with Crippen molar-refractivity contribution >= 4 is 47.8 Å². The molecular formula is C51H90F2Li2O16. The average Bonchev–Trinajstić information content (AvgIpc) is 4.11. The molecule has 0 aliphatic heterocycles. The van der Waals surface area contributed by atoms with Gasteiger partial charge in [0.1, 0.15) is 0 Å². The van der Waals surface area contributed by atoms with Crippen LogP contribution in [0.15, 0.2) is 25.3 Å². The molecule has 0 radical (unpaired) electrons. The number of allylic oxidation sites excluding steroid dienone is 2. The minimum absolute atomic E-state index is 0. The van der Waals surface area contributed by atoms with Gasteiger partial charge in [0.25, 0.3) is 0 Å². The summed E-state index contributed by atoms with van der Waals surface area (Å²) >= 11 is 0. The Balaban J connectivity index is -0.000000106. The number of carbonyl (C=O) groups is 8. The Morgan fingerprint density at radius 2 is 0.817 bits per heavy atom. The third kappa shape index (κ3) is 57.1. The summed E-state index contributed by atoms with van der Waals surface area (Å²) in [5.74, 6) is -10.3. The largest absolute Gasteiger partial charge is 1.00 e. The minimum Gasteiger partial charge on any atom is -0.550 e. The summed E-state index contributed by atoms with van der Waals surface area (Å²) in [5, 5.41) is 70.3. The van der Waals surface area contributed by atoms with Gasteiger partial charge in [-0.3, -0.25) is 28.8 Å². The zero-order chi connectivity index (χ0) is 55.8. The van der Waals surface area contributed by atoms with Gasteiger partial charge >= 0.3 is 73.5 Å². The van der Waals surface area contributed by atoms with E-state index in [1.54, 1.807) is 60.6 Å². The van der Waals surface area contributed by atoms with E-state index in [1.807, 2.05) is 27.7 Å². The van der Waals surface area contributed by atoms with Crippen molar-refractivity contribution in [3.8, 4) is 0 Å². The molecule has 0 spiro atoms. The molecule has 0 bridgehead atoms. The number of carbonyl (C=O) groups excluding carboxylic acids is 2. The first-order valence-corrected chi connectivity index (χ1v) is 23.9. The van der Waals surface area contributed by atoms with Crippen molar-refractivity contribution in [2.75, 3.05) is 0 Å². The Morgan fingerprint density at radius 3 is 0.944 bits per heavy atom. The Kier molecular flexibility index (Phi) is 59.1. The van der Waals surface area contributed by atoms with Crippen molar-refractivity contribution in [2.45, 2.75) is 186 Å². The molecule has 0 heterocycles. The number of hydrogen-bond acceptors (Lipinski definition) is 10. The number of aliphatic carboxylic acids is 8. The van der Waals surface area contributed by atoms with E-state index in [0.717, 1.165) is 51.4 Å². The zero-order valence-corrected chi connectivity index (χ0v) is 45.8. The normalized spacial score (nSPS) is 15.7. The average molecular weight is 1010 g/mol. The third-order valence-corrected chi connectivity index (χ3v) is 11.2. The molecular weight excluding hydrogens is 920 g/mol. The zero-order valence-electron chi connectivity index (χ0n) is 45.8. The summed E-state index contributed by atoms with van der Waals surface area (Å²) in [6, 6.07) is 0. The fraction of sp³-hybridized carbons (Fsp3) is 0.765. The number of hydrogen-bond donors (Lipinski definition) is 6. The quantitative estimate of drug-likeness (QED) is 0.0709. The Labute approximate surface area is 447 Å². The van der Waals surface area contributed by atoms with Gasteiger partial charge in [-0.1, -0.05) is 128 Å². The number of alkyl halides is 2. The molecule has 0 aromatic heterocycles. The van der Waals surface area contributed by atoms with Crippen molar-refractivity contribution < 1.29 is 126 Å². The van der Waals surface area contributed by atoms with E-state index in [9.17, 15) is 57.4 Å². The van der Waals surface area contributed by atoms with Gasteiger partial charge in [-0.2, -0.15) is 0 Å². The van der Waals surface area contributed by atoms with Gasteiger partial charge in [-0.05, 0) is 81.0 Å². The second-order valence-corrected chi connectivity index (χ2v) is 18.4. The predicted octanol–water partition coefficient (Wildman–Crippen LogP) is 3.44. The standard InChI is InChI=1S/C7H10F2O2.2C7H14O2.C6H10O2.2C6H12O2.2C6H10O2.2Li/c8-7(9)3-1-5(2-4-7)6(10)11;2*1-3-4-5-6(2)7(8)9;1-4(6(7)8)5-2-3-5;2*1-4(2)5(3)6(7)8;2*1-3-4-5(2)6(7)8;;/h5H,1-4H2,(H,10,11);2*6H,3-5H2,1-2H3,(H,8,9);4-5H,2-3H2,1H3,(H,7,8);2*4-5H,1-3H3,(H,7,8);2*3,5H,1,4H2,2H3,(H,7,8);;/q;;;;;;;;2*+1/p-2. The monoisotopic (exact) mass is 1010 g/mol. The molecule has 0 amide bonds. The first-order chi connectivity index (χ1) is 31.6. The molecule has 71 heavy (non-hydrogen) atoms. The molecule has 7 unspecified atom stereocenters. The molecule has 0 saturated heterocycles. The van der Waals surface area contributed by atoms with Crippen LogP contribution in [0, 0.1) is 65.1 Å². The Hall–Kier alpha value is -3.71. The first kappa shape index (κ1) is 84.1. The number of carboxylic acid groups (broad SMARTS) is 8. The van der Waals surface area contributed by atoms with Gasteiger partial charge in [-0.15, -0.1) is 13.2 Å². The molecule has 0 aromatic rings. The Morgan fingerprint density at radius 1 is 0.535 bits per heavy atom. The van der Waals surface area contributed by atoms with Gasteiger partial charge in [0.15, 0.2) is 0 Å². The predicted molar refractivity (Wildman–Crippen MR) is 258 cm³/mol. The number of carboxylic acids is 8. The molecule has 7 atom stereocenters. The fourth-order valence-electron chi connectivity index (χ4n) is 4.60. The third-order valence-electron chi connectivity index (χ3n) is 11.2. The summed E-state index contributed by atoms with van der Waals surface area (Å²) in [6.07, 6.45) is 11.8. The van der Waals surface area contributed by atoms with E-state index in [0.29, 0.717) is 18.8 Å². The summed E-state index contributed by atoms with van der Waals surface area (Å²) in [5.41, 5.74) is 0. The smallest absolute Gasteiger partial charge is 0.550 e. The summed E-state index contributed by atoms with van der Waals surface area (Å²) in [7, 11) is 0.